The van der Waals surface area contributed by atoms with Gasteiger partial charge < -0.3 is 15.2 Å². The first-order chi connectivity index (χ1) is 5.90. The van der Waals surface area contributed by atoms with Gasteiger partial charge >= 0.3 is 0 Å². The van der Waals surface area contributed by atoms with Crippen LogP contribution in [0.3, 0.4) is 0 Å². The van der Waals surface area contributed by atoms with Crippen molar-refractivity contribution in [2.75, 3.05) is 18.5 Å². The van der Waals surface area contributed by atoms with Gasteiger partial charge in [0.25, 0.3) is 0 Å². The van der Waals surface area contributed by atoms with E-state index in [1.807, 2.05) is 0 Å². The molecular weight excluding hydrogens is 156 g/mol. The van der Waals surface area contributed by atoms with Crippen LogP contribution in [0.1, 0.15) is 5.69 Å². The zero-order valence-electron chi connectivity index (χ0n) is 6.58. The Morgan fingerprint density at radius 1 is 1.67 bits per heavy atom. The number of aliphatic hydroxyl groups excluding tert-OH is 1. The first-order valence-electron chi connectivity index (χ1n) is 3.86. The third kappa shape index (κ3) is 1.21. The number of nitrogens with one attached hydrogen (secondary N) is 1. The molecule has 0 radical (unpaired) electrons. The summed E-state index contributed by atoms with van der Waals surface area (Å²) in [5, 5.41) is 11.9. The van der Waals surface area contributed by atoms with Gasteiger partial charge in [-0.1, -0.05) is 0 Å². The monoisotopic (exact) mass is 166 g/mol. The summed E-state index contributed by atoms with van der Waals surface area (Å²) < 4.78 is 5.35. The molecule has 1 aliphatic rings. The van der Waals surface area contributed by atoms with Gasteiger partial charge in [0.2, 0.25) is 0 Å². The third-order valence-corrected chi connectivity index (χ3v) is 1.76. The van der Waals surface area contributed by atoms with Crippen LogP contribution in [0.25, 0.3) is 0 Å². The van der Waals surface area contributed by atoms with Gasteiger partial charge in [0, 0.05) is 12.6 Å². The molecule has 0 unspecified atom stereocenters. The fourth-order valence-corrected chi connectivity index (χ4v) is 1.16. The van der Waals surface area contributed by atoms with Crippen molar-refractivity contribution in [2.24, 2.45) is 0 Å². The standard InChI is InChI=1S/C8H10N2O2/c11-5-6-3-8-7(4-10-6)9-1-2-12-8/h3-4,9,11H,1-2,5H2. The Morgan fingerprint density at radius 2 is 2.58 bits per heavy atom. The molecule has 1 aromatic heterocycles. The van der Waals surface area contributed by atoms with Gasteiger partial charge in [0.05, 0.1) is 24.2 Å². The van der Waals surface area contributed by atoms with Crippen molar-refractivity contribution < 1.29 is 9.84 Å². The number of fused-ring (bicyclic) bond motifs is 1. The summed E-state index contributed by atoms with van der Waals surface area (Å²) in [4.78, 5) is 4.02. The lowest BCUT2D eigenvalue weighted by Gasteiger charge is -2.18. The Morgan fingerprint density at radius 3 is 3.42 bits per heavy atom. The number of nitrogens with zero attached hydrogens (tertiary/aromatic N) is 1. The van der Waals surface area contributed by atoms with Crippen molar-refractivity contribution in [1.29, 1.82) is 0 Å². The number of rotatable bonds is 1. The molecular formula is C8H10N2O2. The second kappa shape index (κ2) is 2.98. The Labute approximate surface area is 70.2 Å². The van der Waals surface area contributed by atoms with Crippen molar-refractivity contribution in [3.05, 3.63) is 18.0 Å². The van der Waals surface area contributed by atoms with E-state index in [9.17, 15) is 0 Å². The Hall–Kier alpha value is -1.29. The lowest BCUT2D eigenvalue weighted by Crippen LogP contribution is -2.18. The highest BCUT2D eigenvalue weighted by Gasteiger charge is 2.09. The largest absolute Gasteiger partial charge is 0.489 e. The van der Waals surface area contributed by atoms with E-state index in [-0.39, 0.29) is 6.61 Å². The lowest BCUT2D eigenvalue weighted by atomic mass is 10.3. The SMILES string of the molecule is OCc1cc2c(cn1)NCCO2. The summed E-state index contributed by atoms with van der Waals surface area (Å²) in [7, 11) is 0. The van der Waals surface area contributed by atoms with E-state index >= 15 is 0 Å². The van der Waals surface area contributed by atoms with Gasteiger partial charge in [-0.2, -0.15) is 0 Å². The van der Waals surface area contributed by atoms with E-state index in [4.69, 9.17) is 9.84 Å². The molecule has 1 aliphatic heterocycles. The molecule has 0 atom stereocenters. The minimum Gasteiger partial charge on any atom is -0.489 e. The zero-order valence-corrected chi connectivity index (χ0v) is 6.58. The summed E-state index contributed by atoms with van der Waals surface area (Å²) in [6, 6.07) is 1.75. The second-order valence-corrected chi connectivity index (χ2v) is 2.61. The molecule has 1 aromatic rings. The summed E-state index contributed by atoms with van der Waals surface area (Å²) in [5.41, 5.74) is 1.54. The smallest absolute Gasteiger partial charge is 0.145 e. The molecule has 2 rings (SSSR count). The molecule has 0 fully saturated rings. The van der Waals surface area contributed by atoms with Gasteiger partial charge in [0.1, 0.15) is 12.4 Å². The number of aromatic nitrogens is 1. The fraction of sp³-hybridized carbons (Fsp3) is 0.375. The number of pyridine rings is 1. The van der Waals surface area contributed by atoms with Crippen LogP contribution in [0.4, 0.5) is 5.69 Å². The van der Waals surface area contributed by atoms with Crippen LogP contribution < -0.4 is 10.1 Å². The van der Waals surface area contributed by atoms with Gasteiger partial charge in [-0.25, -0.2) is 0 Å². The number of hydrogen-bond acceptors (Lipinski definition) is 4. The average molecular weight is 166 g/mol. The van der Waals surface area contributed by atoms with Crippen LogP contribution in [0.15, 0.2) is 12.3 Å². The molecule has 0 spiro atoms. The van der Waals surface area contributed by atoms with E-state index in [0.717, 1.165) is 18.0 Å². The van der Waals surface area contributed by atoms with Crippen molar-refractivity contribution in [2.45, 2.75) is 6.61 Å². The zero-order chi connectivity index (χ0) is 8.39. The highest BCUT2D eigenvalue weighted by atomic mass is 16.5. The quantitative estimate of drug-likeness (QED) is 0.633. The predicted octanol–water partition coefficient (Wildman–Crippen LogP) is 0.378. The van der Waals surface area contributed by atoms with Crippen molar-refractivity contribution in [3.8, 4) is 5.75 Å². The summed E-state index contributed by atoms with van der Waals surface area (Å²) >= 11 is 0. The van der Waals surface area contributed by atoms with Gasteiger partial charge in [-0.05, 0) is 0 Å². The molecule has 0 amide bonds. The first kappa shape index (κ1) is 7.36. The van der Waals surface area contributed by atoms with Crippen LogP contribution in [-0.2, 0) is 6.61 Å². The van der Waals surface area contributed by atoms with E-state index in [1.54, 1.807) is 12.3 Å². The van der Waals surface area contributed by atoms with Gasteiger partial charge in [-0.3, -0.25) is 4.98 Å². The average Bonchev–Trinajstić information content (AvgIpc) is 2.17. The topological polar surface area (TPSA) is 54.4 Å². The van der Waals surface area contributed by atoms with E-state index in [2.05, 4.69) is 10.3 Å². The normalized spacial score (nSPS) is 14.4. The van der Waals surface area contributed by atoms with Crippen molar-refractivity contribution in [1.82, 2.24) is 4.98 Å². The van der Waals surface area contributed by atoms with E-state index in [0.29, 0.717) is 12.3 Å². The van der Waals surface area contributed by atoms with Crippen LogP contribution in [-0.4, -0.2) is 23.2 Å². The maximum Gasteiger partial charge on any atom is 0.145 e. The molecule has 4 heteroatoms. The number of aliphatic hydroxyl groups is 1. The molecule has 2 N–H and O–H groups in total. The Balaban J connectivity index is 2.36. The third-order valence-electron chi connectivity index (χ3n) is 1.76. The van der Waals surface area contributed by atoms with E-state index < -0.39 is 0 Å². The summed E-state index contributed by atoms with van der Waals surface area (Å²) in [5.74, 6) is 0.778. The highest BCUT2D eigenvalue weighted by Crippen LogP contribution is 2.26. The van der Waals surface area contributed by atoms with Crippen LogP contribution >= 0.6 is 0 Å². The molecule has 0 saturated heterocycles. The minimum atomic E-state index is -0.0450. The molecule has 0 aliphatic carbocycles. The molecule has 4 nitrogen and oxygen atoms in total. The number of anilines is 1. The maximum absolute atomic E-state index is 8.80. The van der Waals surface area contributed by atoms with Crippen molar-refractivity contribution >= 4 is 5.69 Å². The molecule has 2 heterocycles. The number of ether oxygens (including phenoxy) is 1. The minimum absolute atomic E-state index is 0.0450. The van der Waals surface area contributed by atoms with Crippen LogP contribution in [0.2, 0.25) is 0 Å². The van der Waals surface area contributed by atoms with Crippen molar-refractivity contribution in [3.63, 3.8) is 0 Å². The van der Waals surface area contributed by atoms with Gasteiger partial charge in [0.15, 0.2) is 0 Å². The first-order valence-corrected chi connectivity index (χ1v) is 3.86. The lowest BCUT2D eigenvalue weighted by molar-refractivity contribution is 0.274. The van der Waals surface area contributed by atoms with Crippen LogP contribution in [0.5, 0.6) is 5.75 Å². The Bertz CT molecular complexity index is 288. The molecule has 0 aromatic carbocycles. The predicted molar refractivity (Wildman–Crippen MR) is 44.1 cm³/mol. The number of hydrogen-bond donors (Lipinski definition) is 2. The fourth-order valence-electron chi connectivity index (χ4n) is 1.16. The molecule has 64 valence electrons. The van der Waals surface area contributed by atoms with E-state index in [1.165, 1.54) is 0 Å². The molecule has 0 bridgehead atoms. The van der Waals surface area contributed by atoms with Crippen LogP contribution in [0, 0.1) is 0 Å². The summed E-state index contributed by atoms with van der Waals surface area (Å²) in [6.07, 6.45) is 1.68. The maximum atomic E-state index is 8.80. The second-order valence-electron chi connectivity index (χ2n) is 2.61. The molecule has 0 saturated carbocycles. The highest BCUT2D eigenvalue weighted by molar-refractivity contribution is 5.56. The summed E-state index contributed by atoms with van der Waals surface area (Å²) in [6.45, 7) is 1.44. The molecule has 12 heavy (non-hydrogen) atoms. The van der Waals surface area contributed by atoms with Gasteiger partial charge in [-0.15, -0.1) is 0 Å². The Kier molecular flexibility index (Phi) is 1.83.